The molecule has 26 heavy (non-hydrogen) atoms. The predicted molar refractivity (Wildman–Crippen MR) is 119 cm³/mol. The number of nitrogens with zero attached hydrogens (tertiary/aromatic N) is 2. The van der Waals surface area contributed by atoms with Crippen molar-refractivity contribution in [3.63, 3.8) is 0 Å². The van der Waals surface area contributed by atoms with Gasteiger partial charge in [-0.05, 0) is 12.3 Å². The van der Waals surface area contributed by atoms with E-state index < -0.39 is 9.84 Å². The van der Waals surface area contributed by atoms with Gasteiger partial charge in [-0.25, -0.2) is 8.42 Å². The lowest BCUT2D eigenvalue weighted by Crippen LogP contribution is -2.49. The van der Waals surface area contributed by atoms with E-state index in [2.05, 4.69) is 34.4 Å². The standard InChI is InChI=1S/C16H30N4O3S2.HI/c1-12(2)14-10-20(7-8-24-14)16(17-3)18-6-4-15(21)19-13-5-9-25(22,23)11-13;/h12-14H,4-11H2,1-3H3,(H,17,18)(H,19,21);1H. The van der Waals surface area contributed by atoms with Crippen molar-refractivity contribution in [3.8, 4) is 0 Å². The molecule has 0 radical (unpaired) electrons. The molecule has 2 rings (SSSR count). The quantitative estimate of drug-likeness (QED) is 0.320. The number of guanidine groups is 1. The van der Waals surface area contributed by atoms with Crippen LogP contribution in [0.4, 0.5) is 0 Å². The minimum atomic E-state index is -2.96. The number of nitrogens with one attached hydrogen (secondary N) is 2. The number of thioether (sulfide) groups is 1. The van der Waals surface area contributed by atoms with Crippen molar-refractivity contribution in [3.05, 3.63) is 0 Å². The van der Waals surface area contributed by atoms with Crippen LogP contribution in [-0.4, -0.2) is 80.4 Å². The molecule has 0 aromatic heterocycles. The van der Waals surface area contributed by atoms with Gasteiger partial charge >= 0.3 is 0 Å². The summed E-state index contributed by atoms with van der Waals surface area (Å²) in [5.41, 5.74) is 0. The Bertz CT molecular complexity index is 598. The van der Waals surface area contributed by atoms with Crippen molar-refractivity contribution in [1.29, 1.82) is 0 Å². The van der Waals surface area contributed by atoms with Crippen molar-refractivity contribution in [2.75, 3.05) is 43.9 Å². The highest BCUT2D eigenvalue weighted by molar-refractivity contribution is 14.0. The lowest BCUT2D eigenvalue weighted by Gasteiger charge is -2.36. The molecule has 2 saturated heterocycles. The van der Waals surface area contributed by atoms with Gasteiger partial charge in [-0.2, -0.15) is 11.8 Å². The van der Waals surface area contributed by atoms with Gasteiger partial charge in [-0.15, -0.1) is 24.0 Å². The molecule has 0 aromatic rings. The molecule has 0 bridgehead atoms. The van der Waals surface area contributed by atoms with E-state index in [0.717, 1.165) is 24.8 Å². The maximum absolute atomic E-state index is 12.0. The minimum Gasteiger partial charge on any atom is -0.356 e. The van der Waals surface area contributed by atoms with Crippen LogP contribution in [0.1, 0.15) is 26.7 Å². The van der Waals surface area contributed by atoms with Crippen LogP contribution in [0, 0.1) is 5.92 Å². The van der Waals surface area contributed by atoms with Crippen LogP contribution in [-0.2, 0) is 14.6 Å². The molecule has 152 valence electrons. The maximum atomic E-state index is 12.0. The maximum Gasteiger partial charge on any atom is 0.222 e. The van der Waals surface area contributed by atoms with Crippen molar-refractivity contribution in [2.24, 2.45) is 10.9 Å². The molecule has 2 fully saturated rings. The number of rotatable bonds is 5. The van der Waals surface area contributed by atoms with E-state index in [9.17, 15) is 13.2 Å². The van der Waals surface area contributed by atoms with Crippen LogP contribution in [0.25, 0.3) is 0 Å². The second kappa shape index (κ2) is 10.9. The molecule has 7 nitrogen and oxygen atoms in total. The van der Waals surface area contributed by atoms with E-state index in [4.69, 9.17) is 0 Å². The van der Waals surface area contributed by atoms with Crippen molar-refractivity contribution in [2.45, 2.75) is 38.0 Å². The molecular formula is C16H31IN4O3S2. The number of aliphatic imine (C=N–C) groups is 1. The van der Waals surface area contributed by atoms with Gasteiger partial charge in [0, 0.05) is 50.1 Å². The van der Waals surface area contributed by atoms with Crippen LogP contribution in [0.5, 0.6) is 0 Å². The lowest BCUT2D eigenvalue weighted by molar-refractivity contribution is -0.121. The molecule has 2 heterocycles. The highest BCUT2D eigenvalue weighted by Gasteiger charge is 2.29. The highest BCUT2D eigenvalue weighted by Crippen LogP contribution is 2.24. The van der Waals surface area contributed by atoms with E-state index in [-0.39, 0.29) is 47.4 Å². The Morgan fingerprint density at radius 1 is 1.38 bits per heavy atom. The van der Waals surface area contributed by atoms with Gasteiger partial charge in [0.2, 0.25) is 5.91 Å². The fraction of sp³-hybridized carbons (Fsp3) is 0.875. The fourth-order valence-corrected chi connectivity index (χ4v) is 6.07. The smallest absolute Gasteiger partial charge is 0.222 e. The largest absolute Gasteiger partial charge is 0.356 e. The molecule has 2 aliphatic rings. The second-order valence-corrected chi connectivity index (χ2v) is 10.6. The first-order chi connectivity index (χ1) is 11.8. The van der Waals surface area contributed by atoms with Crippen LogP contribution in [0.15, 0.2) is 4.99 Å². The van der Waals surface area contributed by atoms with Gasteiger partial charge < -0.3 is 15.5 Å². The molecule has 0 aromatic carbocycles. The first kappa shape index (κ1) is 23.8. The third kappa shape index (κ3) is 7.41. The predicted octanol–water partition coefficient (Wildman–Crippen LogP) is 0.947. The normalized spacial score (nSPS) is 25.7. The Kier molecular flexibility index (Phi) is 10.0. The number of amides is 1. The number of sulfone groups is 1. The summed E-state index contributed by atoms with van der Waals surface area (Å²) in [6.45, 7) is 6.90. The SMILES string of the molecule is CN=C(NCCC(=O)NC1CCS(=O)(=O)C1)N1CCSC(C(C)C)C1.I. The Hall–Kier alpha value is -0.230. The van der Waals surface area contributed by atoms with Crippen LogP contribution in [0.2, 0.25) is 0 Å². The molecule has 0 spiro atoms. The zero-order valence-electron chi connectivity index (χ0n) is 15.7. The first-order valence-electron chi connectivity index (χ1n) is 8.87. The Balaban J connectivity index is 0.00000338. The monoisotopic (exact) mass is 518 g/mol. The van der Waals surface area contributed by atoms with Gasteiger partial charge in [0.1, 0.15) is 0 Å². The van der Waals surface area contributed by atoms with Gasteiger partial charge in [-0.1, -0.05) is 13.8 Å². The molecule has 0 saturated carbocycles. The highest BCUT2D eigenvalue weighted by atomic mass is 127. The van der Waals surface area contributed by atoms with E-state index >= 15 is 0 Å². The second-order valence-electron chi connectivity index (χ2n) is 6.99. The molecule has 2 aliphatic heterocycles. The summed E-state index contributed by atoms with van der Waals surface area (Å²) in [4.78, 5) is 18.6. The fourth-order valence-electron chi connectivity index (χ4n) is 3.10. The van der Waals surface area contributed by atoms with Gasteiger partial charge in [0.25, 0.3) is 0 Å². The molecule has 2 N–H and O–H groups in total. The average molecular weight is 518 g/mol. The molecule has 1 amide bonds. The van der Waals surface area contributed by atoms with E-state index in [1.54, 1.807) is 7.05 Å². The summed E-state index contributed by atoms with van der Waals surface area (Å²) in [5, 5.41) is 6.67. The van der Waals surface area contributed by atoms with Crippen LogP contribution >= 0.6 is 35.7 Å². The van der Waals surface area contributed by atoms with E-state index in [1.165, 1.54) is 0 Å². The number of carbonyl (C=O) groups is 1. The van der Waals surface area contributed by atoms with E-state index in [1.807, 2.05) is 11.8 Å². The molecular weight excluding hydrogens is 487 g/mol. The Labute approximate surface area is 178 Å². The summed E-state index contributed by atoms with van der Waals surface area (Å²) in [7, 11) is -1.20. The first-order valence-corrected chi connectivity index (χ1v) is 11.7. The van der Waals surface area contributed by atoms with E-state index in [0.29, 0.717) is 30.6 Å². The van der Waals surface area contributed by atoms with Crippen LogP contribution in [0.3, 0.4) is 0 Å². The zero-order chi connectivity index (χ0) is 18.4. The lowest BCUT2D eigenvalue weighted by atomic mass is 10.1. The summed E-state index contributed by atoms with van der Waals surface area (Å²) in [6, 6.07) is -0.234. The van der Waals surface area contributed by atoms with Crippen molar-refractivity contribution < 1.29 is 13.2 Å². The summed E-state index contributed by atoms with van der Waals surface area (Å²) >= 11 is 2.01. The number of hydrogen-bond donors (Lipinski definition) is 2. The molecule has 2 unspecified atom stereocenters. The van der Waals surface area contributed by atoms with Crippen LogP contribution < -0.4 is 10.6 Å². The number of halogens is 1. The van der Waals surface area contributed by atoms with Gasteiger partial charge in [-0.3, -0.25) is 9.79 Å². The topological polar surface area (TPSA) is 90.9 Å². The third-order valence-corrected chi connectivity index (χ3v) is 7.89. The Morgan fingerprint density at radius 2 is 2.12 bits per heavy atom. The zero-order valence-corrected chi connectivity index (χ0v) is 19.7. The molecule has 2 atom stereocenters. The number of hydrogen-bond acceptors (Lipinski definition) is 5. The molecule has 10 heteroatoms. The minimum absolute atomic E-state index is 0. The molecule has 0 aliphatic carbocycles. The van der Waals surface area contributed by atoms with Gasteiger partial charge in [0.15, 0.2) is 15.8 Å². The summed E-state index contributed by atoms with van der Waals surface area (Å²) in [5.74, 6) is 2.67. The van der Waals surface area contributed by atoms with Crippen molar-refractivity contribution >= 4 is 57.4 Å². The third-order valence-electron chi connectivity index (χ3n) is 4.58. The van der Waals surface area contributed by atoms with Gasteiger partial charge in [0.05, 0.1) is 11.5 Å². The summed E-state index contributed by atoms with van der Waals surface area (Å²) in [6.07, 6.45) is 0.830. The number of carbonyl (C=O) groups excluding carboxylic acids is 1. The average Bonchev–Trinajstić information content (AvgIpc) is 2.90. The Morgan fingerprint density at radius 3 is 2.69 bits per heavy atom. The summed E-state index contributed by atoms with van der Waals surface area (Å²) < 4.78 is 22.9. The van der Waals surface area contributed by atoms with Crippen molar-refractivity contribution in [1.82, 2.24) is 15.5 Å².